The summed E-state index contributed by atoms with van der Waals surface area (Å²) in [6, 6.07) is 18.0. The van der Waals surface area contributed by atoms with Crippen LogP contribution in [0.3, 0.4) is 0 Å². The van der Waals surface area contributed by atoms with E-state index in [1.54, 1.807) is 48.5 Å². The van der Waals surface area contributed by atoms with Crippen LogP contribution in [-0.2, 0) is 26.0 Å². The average molecular weight is 442 g/mol. The molecule has 2 aromatic carbocycles. The number of ether oxygens (including phenoxy) is 1. The number of carbonyl (C=O) groups excluding carboxylic acids is 2. The fourth-order valence-corrected chi connectivity index (χ4v) is 4.59. The van der Waals surface area contributed by atoms with Crippen molar-refractivity contribution in [3.63, 3.8) is 0 Å². The molecule has 0 aliphatic rings. The fraction of sp³-hybridized carbons (Fsp3) is 0.182. The molecule has 1 heterocycles. The molecule has 1 atom stereocenters. The van der Waals surface area contributed by atoms with E-state index in [2.05, 4.69) is 10.6 Å². The van der Waals surface area contributed by atoms with Gasteiger partial charge in [0, 0.05) is 18.7 Å². The van der Waals surface area contributed by atoms with Crippen molar-refractivity contribution in [1.29, 1.82) is 0 Å². The number of furan rings is 1. The zero-order chi connectivity index (χ0) is 22.3. The summed E-state index contributed by atoms with van der Waals surface area (Å²) in [5, 5.41) is 3.70. The number of methoxy groups -OCH3 is 1. The van der Waals surface area contributed by atoms with E-state index < -0.39 is 26.9 Å². The quantitative estimate of drug-likeness (QED) is 0.517. The fourth-order valence-electron chi connectivity index (χ4n) is 2.98. The van der Waals surface area contributed by atoms with E-state index in [1.165, 1.54) is 31.6 Å². The molecule has 0 aliphatic carbocycles. The highest BCUT2D eigenvalue weighted by molar-refractivity contribution is 7.91. The Hall–Kier alpha value is -3.59. The highest BCUT2D eigenvalue weighted by Gasteiger charge is 2.32. The van der Waals surface area contributed by atoms with Crippen LogP contribution in [0.2, 0.25) is 0 Å². The van der Waals surface area contributed by atoms with E-state index in [-0.39, 0.29) is 23.7 Å². The summed E-state index contributed by atoms with van der Waals surface area (Å²) in [5.74, 6) is -1.09. The Morgan fingerprint density at radius 3 is 2.29 bits per heavy atom. The first kappa shape index (κ1) is 22.1. The van der Waals surface area contributed by atoms with Crippen molar-refractivity contribution < 1.29 is 27.2 Å². The molecule has 3 rings (SSSR count). The summed E-state index contributed by atoms with van der Waals surface area (Å²) in [6.45, 7) is -0.244. The molecule has 0 aliphatic heterocycles. The largest absolute Gasteiger partial charge is 0.496 e. The van der Waals surface area contributed by atoms with Crippen LogP contribution in [0.15, 0.2) is 82.3 Å². The lowest BCUT2D eigenvalue weighted by atomic mass is 10.2. The number of benzene rings is 2. The van der Waals surface area contributed by atoms with Gasteiger partial charge in [0.15, 0.2) is 9.84 Å². The van der Waals surface area contributed by atoms with E-state index in [4.69, 9.17) is 9.15 Å². The summed E-state index contributed by atoms with van der Waals surface area (Å²) in [5.41, 5.74) is 0.700. The second-order valence-electron chi connectivity index (χ2n) is 6.57. The number of para-hydroxylation sites is 1. The van der Waals surface area contributed by atoms with Crippen molar-refractivity contribution in [2.45, 2.75) is 16.7 Å². The second kappa shape index (κ2) is 9.94. The molecule has 0 radical (unpaired) electrons. The van der Waals surface area contributed by atoms with Crippen LogP contribution in [0.5, 0.6) is 5.75 Å². The zero-order valence-electron chi connectivity index (χ0n) is 16.8. The first-order chi connectivity index (χ1) is 14.9. The van der Waals surface area contributed by atoms with E-state index in [1.807, 2.05) is 0 Å². The molecule has 162 valence electrons. The smallest absolute Gasteiger partial charge is 0.309 e. The van der Waals surface area contributed by atoms with Gasteiger partial charge in [0.05, 0.1) is 18.3 Å². The molecule has 0 spiro atoms. The molecule has 3 aromatic rings. The van der Waals surface area contributed by atoms with E-state index in [0.29, 0.717) is 11.3 Å². The molecule has 1 unspecified atom stereocenters. The Balaban J connectivity index is 1.67. The third-order valence-electron chi connectivity index (χ3n) is 4.59. The van der Waals surface area contributed by atoms with Gasteiger partial charge < -0.3 is 19.8 Å². The molecular formula is C22H22N2O6S. The molecule has 0 saturated carbocycles. The van der Waals surface area contributed by atoms with Crippen molar-refractivity contribution in [3.05, 3.63) is 84.3 Å². The van der Waals surface area contributed by atoms with E-state index in [0.717, 1.165) is 0 Å². The number of nitrogens with one attached hydrogen (secondary N) is 2. The molecule has 2 N–H and O–H groups in total. The standard InChI is InChI=1S/C22H22N2O6S/c1-29-18-11-6-5-8-16(18)14-23-21(25)22(26)24-15-20(19-12-7-13-30-19)31(27,28)17-9-3-2-4-10-17/h2-13,20H,14-15H2,1H3,(H,23,25)(H,24,26). The van der Waals surface area contributed by atoms with Gasteiger partial charge in [-0.25, -0.2) is 8.42 Å². The molecule has 9 heteroatoms. The predicted octanol–water partition coefficient (Wildman–Crippen LogP) is 2.24. The number of amides is 2. The highest BCUT2D eigenvalue weighted by atomic mass is 32.2. The van der Waals surface area contributed by atoms with Gasteiger partial charge in [-0.1, -0.05) is 36.4 Å². The summed E-state index contributed by atoms with van der Waals surface area (Å²) in [4.78, 5) is 24.6. The Bertz CT molecular complexity index is 1130. The molecular weight excluding hydrogens is 420 g/mol. The highest BCUT2D eigenvalue weighted by Crippen LogP contribution is 2.28. The van der Waals surface area contributed by atoms with Crippen LogP contribution >= 0.6 is 0 Å². The van der Waals surface area contributed by atoms with Gasteiger partial charge in [-0.3, -0.25) is 9.59 Å². The lowest BCUT2D eigenvalue weighted by Crippen LogP contribution is -2.42. The first-order valence-corrected chi connectivity index (χ1v) is 11.0. The number of carbonyl (C=O) groups is 2. The molecule has 2 amide bonds. The summed E-state index contributed by atoms with van der Waals surface area (Å²) in [7, 11) is -2.36. The third kappa shape index (κ3) is 5.32. The van der Waals surface area contributed by atoms with Gasteiger partial charge in [-0.15, -0.1) is 0 Å². The van der Waals surface area contributed by atoms with Crippen LogP contribution in [0.4, 0.5) is 0 Å². The Labute approximate surface area is 180 Å². The van der Waals surface area contributed by atoms with Crippen molar-refractivity contribution in [2.24, 2.45) is 0 Å². The summed E-state index contributed by atoms with van der Waals surface area (Å²) < 4.78 is 36.6. The van der Waals surface area contributed by atoms with Crippen molar-refractivity contribution in [3.8, 4) is 5.75 Å². The number of rotatable bonds is 8. The van der Waals surface area contributed by atoms with Crippen LogP contribution in [0, 0.1) is 0 Å². The lowest BCUT2D eigenvalue weighted by Gasteiger charge is -2.16. The van der Waals surface area contributed by atoms with Crippen LogP contribution < -0.4 is 15.4 Å². The zero-order valence-corrected chi connectivity index (χ0v) is 17.6. The molecule has 1 aromatic heterocycles. The molecule has 0 saturated heterocycles. The van der Waals surface area contributed by atoms with Crippen molar-refractivity contribution >= 4 is 21.7 Å². The first-order valence-electron chi connectivity index (χ1n) is 9.43. The number of hydrogen-bond acceptors (Lipinski definition) is 6. The summed E-state index contributed by atoms with van der Waals surface area (Å²) >= 11 is 0. The van der Waals surface area contributed by atoms with Gasteiger partial charge in [0.2, 0.25) is 0 Å². The summed E-state index contributed by atoms with van der Waals surface area (Å²) in [6.07, 6.45) is 1.35. The number of hydrogen-bond donors (Lipinski definition) is 2. The van der Waals surface area contributed by atoms with Crippen LogP contribution in [-0.4, -0.2) is 33.9 Å². The van der Waals surface area contributed by atoms with Crippen molar-refractivity contribution in [2.75, 3.05) is 13.7 Å². The van der Waals surface area contributed by atoms with Gasteiger partial charge in [0.1, 0.15) is 16.8 Å². The molecule has 8 nitrogen and oxygen atoms in total. The molecule has 0 fully saturated rings. The Morgan fingerprint density at radius 2 is 1.61 bits per heavy atom. The second-order valence-corrected chi connectivity index (χ2v) is 8.70. The SMILES string of the molecule is COc1ccccc1CNC(=O)C(=O)NCC(c1ccco1)S(=O)(=O)c1ccccc1. The monoisotopic (exact) mass is 442 g/mol. The van der Waals surface area contributed by atoms with E-state index >= 15 is 0 Å². The average Bonchev–Trinajstić information content (AvgIpc) is 3.32. The van der Waals surface area contributed by atoms with Crippen LogP contribution in [0.1, 0.15) is 16.6 Å². The van der Waals surface area contributed by atoms with Gasteiger partial charge >= 0.3 is 11.8 Å². The van der Waals surface area contributed by atoms with E-state index in [9.17, 15) is 18.0 Å². The van der Waals surface area contributed by atoms with Gasteiger partial charge in [0.25, 0.3) is 0 Å². The minimum absolute atomic E-state index is 0.0835. The third-order valence-corrected chi connectivity index (χ3v) is 6.67. The normalized spacial score (nSPS) is 12.0. The minimum Gasteiger partial charge on any atom is -0.496 e. The minimum atomic E-state index is -3.87. The Kier molecular flexibility index (Phi) is 7.09. The maximum absolute atomic E-state index is 13.1. The maximum Gasteiger partial charge on any atom is 0.309 e. The predicted molar refractivity (Wildman–Crippen MR) is 113 cm³/mol. The molecule has 0 bridgehead atoms. The van der Waals surface area contributed by atoms with Crippen molar-refractivity contribution in [1.82, 2.24) is 10.6 Å². The topological polar surface area (TPSA) is 115 Å². The molecule has 31 heavy (non-hydrogen) atoms. The lowest BCUT2D eigenvalue weighted by molar-refractivity contribution is -0.139. The number of sulfone groups is 1. The Morgan fingerprint density at radius 1 is 0.935 bits per heavy atom. The maximum atomic E-state index is 13.1. The van der Waals surface area contributed by atoms with Gasteiger partial charge in [-0.05, 0) is 30.3 Å². The van der Waals surface area contributed by atoms with Gasteiger partial charge in [-0.2, -0.15) is 0 Å². The van der Waals surface area contributed by atoms with Crippen LogP contribution in [0.25, 0.3) is 0 Å².